The number of carbonyl (C=O) groups excluding carboxylic acids is 1. The van der Waals surface area contributed by atoms with E-state index in [1.165, 1.54) is 23.5 Å². The summed E-state index contributed by atoms with van der Waals surface area (Å²) in [5.74, 6) is 0.571. The third kappa shape index (κ3) is 7.33. The Balaban J connectivity index is 1.87. The molecule has 37 heavy (non-hydrogen) atoms. The molecule has 0 unspecified atom stereocenters. The minimum Gasteiger partial charge on any atom is -0.497 e. The van der Waals surface area contributed by atoms with Crippen molar-refractivity contribution < 1.29 is 23.1 Å². The highest BCUT2D eigenvalue weighted by Gasteiger charge is 2.41. The van der Waals surface area contributed by atoms with Crippen molar-refractivity contribution in [3.8, 4) is 5.75 Å². The molecule has 0 radical (unpaired) electrons. The Morgan fingerprint density at radius 2 is 1.68 bits per heavy atom. The topological polar surface area (TPSA) is 95.9 Å². The van der Waals surface area contributed by atoms with Crippen LogP contribution in [-0.2, 0) is 21.2 Å². The van der Waals surface area contributed by atoms with Gasteiger partial charge in [0.2, 0.25) is 15.9 Å². The molecule has 0 saturated heterocycles. The quantitative estimate of drug-likeness (QED) is 0.400. The molecule has 8 heteroatoms. The van der Waals surface area contributed by atoms with Gasteiger partial charge < -0.3 is 15.2 Å². The Bertz CT molecular complexity index is 1100. The minimum atomic E-state index is -3.88. The van der Waals surface area contributed by atoms with Crippen LogP contribution in [0.3, 0.4) is 0 Å². The predicted molar refractivity (Wildman–Crippen MR) is 146 cm³/mol. The van der Waals surface area contributed by atoms with Crippen LogP contribution < -0.4 is 10.1 Å². The largest absolute Gasteiger partial charge is 0.497 e. The number of carbonyl (C=O) groups is 1. The lowest BCUT2D eigenvalue weighted by molar-refractivity contribution is -0.132. The summed E-state index contributed by atoms with van der Waals surface area (Å²) in [6.07, 6.45) is 3.80. The van der Waals surface area contributed by atoms with E-state index in [0.717, 1.165) is 37.7 Å². The van der Waals surface area contributed by atoms with E-state index in [1.807, 2.05) is 51.1 Å². The second-order valence-electron chi connectivity index (χ2n) is 10.6. The van der Waals surface area contributed by atoms with Crippen LogP contribution in [0.5, 0.6) is 5.75 Å². The summed E-state index contributed by atoms with van der Waals surface area (Å²) in [4.78, 5) is 13.6. The highest BCUT2D eigenvalue weighted by Crippen LogP contribution is 2.41. The maximum atomic E-state index is 13.6. The molecule has 0 aliphatic heterocycles. The molecule has 0 spiro atoms. The average Bonchev–Trinajstić information content (AvgIpc) is 3.39. The van der Waals surface area contributed by atoms with Crippen molar-refractivity contribution in [2.75, 3.05) is 20.2 Å². The van der Waals surface area contributed by atoms with Crippen LogP contribution in [0.2, 0.25) is 0 Å². The third-order valence-corrected chi connectivity index (χ3v) is 9.30. The molecule has 1 fully saturated rings. The number of benzene rings is 2. The molecule has 0 heterocycles. The normalized spacial score (nSPS) is 17.1. The first kappa shape index (κ1) is 29.1. The van der Waals surface area contributed by atoms with Crippen molar-refractivity contribution in [3.63, 3.8) is 0 Å². The SMILES string of the molecule is CCC1(C(=O)N[C@@H](Cc2ccccc2)[C@H](O)CN(CC(C)C)S(=O)(=O)c2ccc(OC)cc2)CCCC1. The lowest BCUT2D eigenvalue weighted by Crippen LogP contribution is -2.53. The van der Waals surface area contributed by atoms with E-state index in [-0.39, 0.29) is 29.8 Å². The van der Waals surface area contributed by atoms with Crippen molar-refractivity contribution in [3.05, 3.63) is 60.2 Å². The molecule has 2 aromatic carbocycles. The Morgan fingerprint density at radius 1 is 1.05 bits per heavy atom. The van der Waals surface area contributed by atoms with E-state index in [9.17, 15) is 18.3 Å². The summed E-state index contributed by atoms with van der Waals surface area (Å²) in [5, 5.41) is 14.6. The number of hydrogen-bond acceptors (Lipinski definition) is 5. The molecule has 2 atom stereocenters. The van der Waals surface area contributed by atoms with Gasteiger partial charge in [-0.05, 0) is 61.4 Å². The first-order valence-corrected chi connectivity index (χ1v) is 14.7. The van der Waals surface area contributed by atoms with Gasteiger partial charge in [-0.1, -0.05) is 63.9 Å². The molecule has 1 aliphatic carbocycles. The zero-order valence-electron chi connectivity index (χ0n) is 22.5. The van der Waals surface area contributed by atoms with Crippen molar-refractivity contribution in [1.29, 1.82) is 0 Å². The maximum absolute atomic E-state index is 13.6. The van der Waals surface area contributed by atoms with Crippen LogP contribution in [-0.4, -0.2) is 56.1 Å². The molecular weight excluding hydrogens is 488 g/mol. The molecular formula is C29H42N2O5S. The van der Waals surface area contributed by atoms with Gasteiger partial charge in [-0.3, -0.25) is 4.79 Å². The zero-order valence-corrected chi connectivity index (χ0v) is 23.3. The molecule has 7 nitrogen and oxygen atoms in total. The monoisotopic (exact) mass is 530 g/mol. The van der Waals surface area contributed by atoms with E-state index >= 15 is 0 Å². The number of nitrogens with zero attached hydrogens (tertiary/aromatic N) is 1. The van der Waals surface area contributed by atoms with Crippen LogP contribution in [0.15, 0.2) is 59.5 Å². The molecule has 1 aliphatic rings. The molecule has 0 aromatic heterocycles. The van der Waals surface area contributed by atoms with Crippen LogP contribution in [0.25, 0.3) is 0 Å². The van der Waals surface area contributed by atoms with E-state index in [4.69, 9.17) is 4.74 Å². The van der Waals surface area contributed by atoms with Crippen LogP contribution >= 0.6 is 0 Å². The van der Waals surface area contributed by atoms with Gasteiger partial charge in [0.15, 0.2) is 0 Å². The number of nitrogens with one attached hydrogen (secondary N) is 1. The summed E-state index contributed by atoms with van der Waals surface area (Å²) >= 11 is 0. The van der Waals surface area contributed by atoms with Gasteiger partial charge in [-0.25, -0.2) is 8.42 Å². The van der Waals surface area contributed by atoms with Crippen LogP contribution in [0.1, 0.15) is 58.4 Å². The first-order valence-electron chi connectivity index (χ1n) is 13.3. The van der Waals surface area contributed by atoms with E-state index in [2.05, 4.69) is 5.32 Å². The summed E-state index contributed by atoms with van der Waals surface area (Å²) in [5.41, 5.74) is 0.554. The predicted octanol–water partition coefficient (Wildman–Crippen LogP) is 4.40. The second kappa shape index (κ2) is 12.9. The van der Waals surface area contributed by atoms with Gasteiger partial charge in [0, 0.05) is 18.5 Å². The average molecular weight is 531 g/mol. The number of ether oxygens (including phenoxy) is 1. The van der Waals surface area contributed by atoms with Gasteiger partial charge in [0.05, 0.1) is 24.2 Å². The summed E-state index contributed by atoms with van der Waals surface area (Å²) in [7, 11) is -2.35. The fourth-order valence-corrected chi connectivity index (χ4v) is 6.80. The molecule has 204 valence electrons. The molecule has 2 aromatic rings. The van der Waals surface area contributed by atoms with Gasteiger partial charge in [0.1, 0.15) is 5.75 Å². The van der Waals surface area contributed by atoms with Crippen molar-refractivity contribution >= 4 is 15.9 Å². The molecule has 1 saturated carbocycles. The van der Waals surface area contributed by atoms with Crippen molar-refractivity contribution in [2.24, 2.45) is 11.3 Å². The van der Waals surface area contributed by atoms with E-state index in [1.54, 1.807) is 12.1 Å². The fourth-order valence-electron chi connectivity index (χ4n) is 5.18. The molecule has 2 N–H and O–H groups in total. The standard InChI is InChI=1S/C29H42N2O5S/c1-5-29(17-9-10-18-29)28(33)30-26(19-23-11-7-6-8-12-23)27(32)21-31(20-22(2)3)37(34,35)25-15-13-24(36-4)14-16-25/h6-8,11-16,22,26-27,32H,5,9-10,17-21H2,1-4H3,(H,30,33)/t26-,27+/m0/s1. The maximum Gasteiger partial charge on any atom is 0.243 e. The fraction of sp³-hybridized carbons (Fsp3) is 0.552. The van der Waals surface area contributed by atoms with Gasteiger partial charge in [-0.2, -0.15) is 4.31 Å². The molecule has 0 bridgehead atoms. The number of sulfonamides is 1. The number of aliphatic hydroxyl groups excluding tert-OH is 1. The number of methoxy groups -OCH3 is 1. The second-order valence-corrected chi connectivity index (χ2v) is 12.5. The summed E-state index contributed by atoms with van der Waals surface area (Å²) < 4.78 is 33.7. The Labute approximate surface area is 222 Å². The smallest absolute Gasteiger partial charge is 0.243 e. The third-order valence-electron chi connectivity index (χ3n) is 7.46. The minimum absolute atomic E-state index is 0.0408. The Morgan fingerprint density at radius 3 is 2.22 bits per heavy atom. The molecule has 3 rings (SSSR count). The lowest BCUT2D eigenvalue weighted by atomic mass is 9.82. The summed E-state index contributed by atoms with van der Waals surface area (Å²) in [6, 6.07) is 15.3. The Hall–Kier alpha value is -2.42. The van der Waals surface area contributed by atoms with E-state index < -0.39 is 27.6 Å². The number of amides is 1. The van der Waals surface area contributed by atoms with Crippen LogP contribution in [0.4, 0.5) is 0 Å². The van der Waals surface area contributed by atoms with Gasteiger partial charge >= 0.3 is 0 Å². The zero-order chi connectivity index (χ0) is 27.1. The number of rotatable bonds is 13. The Kier molecular flexibility index (Phi) is 10.2. The van der Waals surface area contributed by atoms with Crippen LogP contribution in [0, 0.1) is 11.3 Å². The molecule has 1 amide bonds. The lowest BCUT2D eigenvalue weighted by Gasteiger charge is -2.34. The first-order chi connectivity index (χ1) is 17.6. The van der Waals surface area contributed by atoms with Gasteiger partial charge in [-0.15, -0.1) is 0 Å². The van der Waals surface area contributed by atoms with Crippen molar-refractivity contribution in [1.82, 2.24) is 9.62 Å². The highest BCUT2D eigenvalue weighted by atomic mass is 32.2. The number of hydrogen-bond donors (Lipinski definition) is 2. The van der Waals surface area contributed by atoms with Crippen molar-refractivity contribution in [2.45, 2.75) is 76.3 Å². The highest BCUT2D eigenvalue weighted by molar-refractivity contribution is 7.89. The van der Waals surface area contributed by atoms with E-state index in [0.29, 0.717) is 12.2 Å². The summed E-state index contributed by atoms with van der Waals surface area (Å²) in [6.45, 7) is 6.05. The van der Waals surface area contributed by atoms with Gasteiger partial charge in [0.25, 0.3) is 0 Å². The number of aliphatic hydroxyl groups is 1.